The van der Waals surface area contributed by atoms with Gasteiger partial charge in [0.05, 0.1) is 4.90 Å². The van der Waals surface area contributed by atoms with Crippen LogP contribution in [0.3, 0.4) is 0 Å². The predicted molar refractivity (Wildman–Crippen MR) is 88.4 cm³/mol. The standard InChI is InChI=1S/C12H11ClFN2O5PS.Na.H/c13-12-11(2-1-7-15-12)21-22(17,18)8-16-23(19,20)10-5-3-9(14)4-6-10;;/h1-7,16H,8H2,(H,17,18);;. The van der Waals surface area contributed by atoms with Crippen molar-refractivity contribution in [2.45, 2.75) is 4.90 Å². The molecule has 0 saturated heterocycles. The number of hydrogen-bond donors (Lipinski definition) is 2. The first-order valence-corrected chi connectivity index (χ1v) is 9.69. The first-order valence-electron chi connectivity index (χ1n) is 6.07. The molecule has 0 spiro atoms. The van der Waals surface area contributed by atoms with Crippen LogP contribution < -0.4 is 9.25 Å². The quantitative estimate of drug-likeness (QED) is 0.431. The summed E-state index contributed by atoms with van der Waals surface area (Å²) in [5.41, 5.74) is 0. The molecule has 126 valence electrons. The van der Waals surface area contributed by atoms with E-state index in [9.17, 15) is 22.3 Å². The summed E-state index contributed by atoms with van der Waals surface area (Å²) >= 11 is 5.69. The van der Waals surface area contributed by atoms with Gasteiger partial charge in [0.15, 0.2) is 10.9 Å². The van der Waals surface area contributed by atoms with E-state index in [0.29, 0.717) is 0 Å². The Balaban J connectivity index is 0.00000288. The Morgan fingerprint density at radius 1 is 1.29 bits per heavy atom. The molecular formula is C12H12ClFN2NaO5PS. The van der Waals surface area contributed by atoms with Crippen LogP contribution in [0, 0.1) is 5.82 Å². The molecule has 1 aromatic heterocycles. The Morgan fingerprint density at radius 2 is 1.92 bits per heavy atom. The third-order valence-electron chi connectivity index (χ3n) is 2.54. The Morgan fingerprint density at radius 3 is 2.50 bits per heavy atom. The van der Waals surface area contributed by atoms with E-state index < -0.39 is 29.7 Å². The van der Waals surface area contributed by atoms with Crippen LogP contribution in [0.1, 0.15) is 0 Å². The molecule has 1 atom stereocenters. The summed E-state index contributed by atoms with van der Waals surface area (Å²) in [5.74, 6) is -0.757. The zero-order valence-corrected chi connectivity index (χ0v) is 13.9. The number of hydrogen-bond acceptors (Lipinski definition) is 5. The van der Waals surface area contributed by atoms with Crippen molar-refractivity contribution in [3.05, 3.63) is 53.6 Å². The third-order valence-corrected chi connectivity index (χ3v) is 5.50. The Bertz CT molecular complexity index is 853. The summed E-state index contributed by atoms with van der Waals surface area (Å²) in [6.45, 7) is 0. The number of rotatable bonds is 6. The predicted octanol–water partition coefficient (Wildman–Crippen LogP) is 1.73. The van der Waals surface area contributed by atoms with E-state index in [0.717, 1.165) is 24.3 Å². The topological polar surface area (TPSA) is 106 Å². The first kappa shape index (κ1) is 21.5. The van der Waals surface area contributed by atoms with Crippen molar-refractivity contribution in [3.8, 4) is 5.75 Å². The van der Waals surface area contributed by atoms with Gasteiger partial charge in [-0.05, 0) is 36.4 Å². The molecule has 12 heteroatoms. The van der Waals surface area contributed by atoms with Gasteiger partial charge >= 0.3 is 37.2 Å². The van der Waals surface area contributed by atoms with Gasteiger partial charge in [-0.3, -0.25) is 0 Å². The minimum atomic E-state index is -4.36. The van der Waals surface area contributed by atoms with Gasteiger partial charge in [0, 0.05) is 6.20 Å². The van der Waals surface area contributed by atoms with Crippen molar-refractivity contribution in [1.29, 1.82) is 0 Å². The van der Waals surface area contributed by atoms with Gasteiger partial charge in [0.1, 0.15) is 12.1 Å². The van der Waals surface area contributed by atoms with Crippen molar-refractivity contribution in [2.24, 2.45) is 0 Å². The second-order valence-corrected chi connectivity index (χ2v) is 8.18. The fourth-order valence-corrected chi connectivity index (χ4v) is 4.21. The monoisotopic (exact) mass is 404 g/mol. The van der Waals surface area contributed by atoms with Crippen molar-refractivity contribution >= 4 is 58.8 Å². The number of nitrogens with zero attached hydrogens (tertiary/aromatic N) is 1. The van der Waals surface area contributed by atoms with Crippen LogP contribution in [-0.4, -0.2) is 54.1 Å². The fraction of sp³-hybridized carbons (Fsp3) is 0.0833. The number of halogens is 2. The van der Waals surface area contributed by atoms with Gasteiger partial charge in [0.25, 0.3) is 0 Å². The zero-order chi connectivity index (χ0) is 17.1. The normalized spacial score (nSPS) is 13.6. The maximum atomic E-state index is 12.8. The Kier molecular flexibility index (Phi) is 7.83. The molecule has 0 aliphatic heterocycles. The summed E-state index contributed by atoms with van der Waals surface area (Å²) in [5, 5.41) is -0.136. The first-order chi connectivity index (χ1) is 10.7. The van der Waals surface area contributed by atoms with E-state index in [-0.39, 0.29) is 45.4 Å². The molecule has 0 aliphatic rings. The molecule has 1 aromatic carbocycles. The van der Waals surface area contributed by atoms with Crippen LogP contribution >= 0.6 is 19.2 Å². The SMILES string of the molecule is O=P(O)(CNS(=O)(=O)c1ccc(F)cc1)Oc1cccnc1Cl.[NaH]. The molecule has 7 nitrogen and oxygen atoms in total. The van der Waals surface area contributed by atoms with Gasteiger partial charge < -0.3 is 9.42 Å². The fourth-order valence-electron chi connectivity index (χ4n) is 1.49. The molecule has 0 saturated carbocycles. The molecule has 0 aliphatic carbocycles. The minimum absolute atomic E-state index is 0. The van der Waals surface area contributed by atoms with Crippen LogP contribution in [0.5, 0.6) is 5.75 Å². The molecule has 1 heterocycles. The van der Waals surface area contributed by atoms with Crippen molar-refractivity contribution in [1.82, 2.24) is 9.71 Å². The Labute approximate surface area is 165 Å². The molecule has 2 rings (SSSR count). The van der Waals surface area contributed by atoms with E-state index in [4.69, 9.17) is 16.1 Å². The molecular weight excluding hydrogens is 393 g/mol. The van der Waals surface area contributed by atoms with Gasteiger partial charge in [-0.2, -0.15) is 4.72 Å². The molecule has 0 radical (unpaired) electrons. The van der Waals surface area contributed by atoms with Crippen molar-refractivity contribution < 1.29 is 26.8 Å². The number of pyridine rings is 1. The summed E-state index contributed by atoms with van der Waals surface area (Å²) in [6.07, 6.45) is 0.465. The van der Waals surface area contributed by atoms with E-state index in [1.54, 1.807) is 0 Å². The molecule has 0 fully saturated rings. The van der Waals surface area contributed by atoms with Crippen LogP contribution in [0.25, 0.3) is 0 Å². The van der Waals surface area contributed by atoms with Gasteiger partial charge in [-0.1, -0.05) is 11.6 Å². The zero-order valence-electron chi connectivity index (χ0n) is 11.4. The van der Waals surface area contributed by atoms with Crippen LogP contribution in [0.2, 0.25) is 5.15 Å². The van der Waals surface area contributed by atoms with Crippen LogP contribution in [0.15, 0.2) is 47.5 Å². The Hall–Kier alpha value is -0.510. The molecule has 0 bridgehead atoms. The number of nitrogens with one attached hydrogen (secondary N) is 1. The van der Waals surface area contributed by atoms with Gasteiger partial charge in [-0.25, -0.2) is 22.4 Å². The van der Waals surface area contributed by atoms with Gasteiger partial charge in [0.2, 0.25) is 10.0 Å². The molecule has 2 aromatic rings. The summed E-state index contributed by atoms with van der Waals surface area (Å²) in [7, 11) is -8.45. The van der Waals surface area contributed by atoms with Crippen molar-refractivity contribution in [3.63, 3.8) is 0 Å². The van der Waals surface area contributed by atoms with E-state index in [2.05, 4.69) is 4.98 Å². The number of sulfonamides is 1. The van der Waals surface area contributed by atoms with E-state index in [1.807, 2.05) is 4.72 Å². The summed E-state index contributed by atoms with van der Waals surface area (Å²) in [6, 6.07) is 6.71. The second-order valence-electron chi connectivity index (χ2n) is 4.28. The van der Waals surface area contributed by atoms with E-state index >= 15 is 0 Å². The average Bonchev–Trinajstić information content (AvgIpc) is 2.48. The maximum absolute atomic E-state index is 12.8. The molecule has 2 N–H and O–H groups in total. The number of aromatic nitrogens is 1. The average molecular weight is 405 g/mol. The molecule has 1 unspecified atom stereocenters. The van der Waals surface area contributed by atoms with Crippen LogP contribution in [0.4, 0.5) is 4.39 Å². The van der Waals surface area contributed by atoms with Crippen LogP contribution in [-0.2, 0) is 14.6 Å². The summed E-state index contributed by atoms with van der Waals surface area (Å²) in [4.78, 5) is 13.1. The number of benzene rings is 1. The molecule has 0 amide bonds. The summed E-state index contributed by atoms with van der Waals surface area (Å²) < 4.78 is 55.4. The van der Waals surface area contributed by atoms with Gasteiger partial charge in [-0.15, -0.1) is 0 Å². The molecule has 24 heavy (non-hydrogen) atoms. The van der Waals surface area contributed by atoms with Crippen molar-refractivity contribution in [2.75, 3.05) is 6.29 Å². The van der Waals surface area contributed by atoms with E-state index in [1.165, 1.54) is 18.3 Å². The second kappa shape index (κ2) is 8.73. The third kappa shape index (κ3) is 6.09.